The second-order valence-corrected chi connectivity index (χ2v) is 12.7. The topological polar surface area (TPSA) is 3.24 Å². The first-order chi connectivity index (χ1) is 23.0. The van der Waals surface area contributed by atoms with Gasteiger partial charge in [0.1, 0.15) is 0 Å². The fourth-order valence-electron chi connectivity index (χ4n) is 6.78. The van der Waals surface area contributed by atoms with E-state index in [-0.39, 0.29) is 5.41 Å². The molecular formula is C46H39N. The number of rotatable bonds is 8. The summed E-state index contributed by atoms with van der Waals surface area (Å²) < 4.78 is 0. The Balaban J connectivity index is 1.43. The molecule has 0 saturated carbocycles. The van der Waals surface area contributed by atoms with Crippen LogP contribution in [0.1, 0.15) is 30.5 Å². The zero-order chi connectivity index (χ0) is 32.2. The van der Waals surface area contributed by atoms with Gasteiger partial charge in [0.15, 0.2) is 0 Å². The molecule has 7 aromatic carbocycles. The van der Waals surface area contributed by atoms with Crippen LogP contribution in [0.15, 0.2) is 182 Å². The third-order valence-electron chi connectivity index (χ3n) is 9.33. The first-order valence-electron chi connectivity index (χ1n) is 16.4. The van der Waals surface area contributed by atoms with Crippen LogP contribution in [0.4, 0.5) is 17.1 Å². The van der Waals surface area contributed by atoms with E-state index in [0.717, 1.165) is 17.1 Å². The largest absolute Gasteiger partial charge is 0.310 e. The van der Waals surface area contributed by atoms with E-state index in [2.05, 4.69) is 208 Å². The second kappa shape index (κ2) is 13.0. The van der Waals surface area contributed by atoms with Gasteiger partial charge in [-0.3, -0.25) is 0 Å². The zero-order valence-corrected chi connectivity index (χ0v) is 27.3. The van der Waals surface area contributed by atoms with Crippen LogP contribution >= 0.6 is 0 Å². The molecule has 0 aromatic heterocycles. The molecule has 7 rings (SSSR count). The molecule has 0 N–H and O–H groups in total. The highest BCUT2D eigenvalue weighted by Crippen LogP contribution is 2.45. The molecule has 0 heterocycles. The standard InChI is InChI=1S/C46H39N/c1-34-27-30-40(33-44(34)46(2,3)38-21-11-6-12-22-38)47(39-31-28-36(29-32-39)35-17-7-4-8-18-35)45-26-16-15-25-43(45)42-24-14-13-23-41(42)37-19-9-5-10-20-37/h4-33H,1-3H3. The predicted molar refractivity (Wildman–Crippen MR) is 201 cm³/mol. The van der Waals surface area contributed by atoms with Gasteiger partial charge in [0.25, 0.3) is 0 Å². The summed E-state index contributed by atoms with van der Waals surface area (Å²) in [6.07, 6.45) is 0. The maximum atomic E-state index is 2.43. The lowest BCUT2D eigenvalue weighted by atomic mass is 9.76. The minimum Gasteiger partial charge on any atom is -0.310 e. The molecule has 1 nitrogen and oxygen atoms in total. The molecule has 0 bridgehead atoms. The van der Waals surface area contributed by atoms with Crippen molar-refractivity contribution >= 4 is 17.1 Å². The first-order valence-corrected chi connectivity index (χ1v) is 16.4. The van der Waals surface area contributed by atoms with Gasteiger partial charge < -0.3 is 4.90 Å². The van der Waals surface area contributed by atoms with Crippen LogP contribution < -0.4 is 4.90 Å². The van der Waals surface area contributed by atoms with Gasteiger partial charge in [-0.05, 0) is 81.8 Å². The Bertz CT molecular complexity index is 2090. The summed E-state index contributed by atoms with van der Waals surface area (Å²) in [6, 6.07) is 65.6. The van der Waals surface area contributed by atoms with Gasteiger partial charge in [-0.1, -0.05) is 166 Å². The molecule has 0 aliphatic heterocycles. The lowest BCUT2D eigenvalue weighted by Crippen LogP contribution is -2.21. The van der Waals surface area contributed by atoms with Crippen LogP contribution in [0.25, 0.3) is 33.4 Å². The van der Waals surface area contributed by atoms with E-state index in [1.54, 1.807) is 0 Å². The maximum absolute atomic E-state index is 2.43. The minimum absolute atomic E-state index is 0.177. The third-order valence-corrected chi connectivity index (χ3v) is 9.33. The summed E-state index contributed by atoms with van der Waals surface area (Å²) in [5.41, 5.74) is 14.3. The van der Waals surface area contributed by atoms with Crippen molar-refractivity contribution in [2.75, 3.05) is 4.90 Å². The summed E-state index contributed by atoms with van der Waals surface area (Å²) >= 11 is 0. The molecule has 7 aromatic rings. The van der Waals surface area contributed by atoms with E-state index in [4.69, 9.17) is 0 Å². The van der Waals surface area contributed by atoms with E-state index in [1.165, 1.54) is 50.1 Å². The van der Waals surface area contributed by atoms with Crippen LogP contribution in [-0.2, 0) is 5.41 Å². The molecule has 0 aliphatic rings. The van der Waals surface area contributed by atoms with Crippen molar-refractivity contribution in [3.05, 3.63) is 199 Å². The number of benzene rings is 7. The van der Waals surface area contributed by atoms with Gasteiger partial charge >= 0.3 is 0 Å². The van der Waals surface area contributed by atoms with Crippen LogP contribution in [0.3, 0.4) is 0 Å². The Labute approximate surface area is 279 Å². The molecule has 228 valence electrons. The van der Waals surface area contributed by atoms with E-state index in [0.29, 0.717) is 0 Å². The monoisotopic (exact) mass is 605 g/mol. The molecule has 0 spiro atoms. The minimum atomic E-state index is -0.177. The number of hydrogen-bond acceptors (Lipinski definition) is 1. The van der Waals surface area contributed by atoms with Gasteiger partial charge in [0, 0.05) is 22.4 Å². The Kier molecular flexibility index (Phi) is 8.29. The molecule has 0 unspecified atom stereocenters. The molecular weight excluding hydrogens is 567 g/mol. The average Bonchev–Trinajstić information content (AvgIpc) is 3.14. The molecule has 0 fully saturated rings. The first kappa shape index (κ1) is 30.0. The van der Waals surface area contributed by atoms with Crippen LogP contribution in [0, 0.1) is 6.92 Å². The SMILES string of the molecule is Cc1ccc(N(c2ccc(-c3ccccc3)cc2)c2ccccc2-c2ccccc2-c2ccccc2)cc1C(C)(C)c1ccccc1. The molecule has 47 heavy (non-hydrogen) atoms. The van der Waals surface area contributed by atoms with Gasteiger partial charge in [-0.2, -0.15) is 0 Å². The van der Waals surface area contributed by atoms with Gasteiger partial charge in [0.2, 0.25) is 0 Å². The fourth-order valence-corrected chi connectivity index (χ4v) is 6.78. The number of nitrogens with zero attached hydrogens (tertiary/aromatic N) is 1. The van der Waals surface area contributed by atoms with Crippen molar-refractivity contribution in [3.63, 3.8) is 0 Å². The third kappa shape index (κ3) is 6.01. The summed E-state index contributed by atoms with van der Waals surface area (Å²) in [4.78, 5) is 2.43. The Hall–Kier alpha value is -5.66. The smallest absolute Gasteiger partial charge is 0.0540 e. The van der Waals surface area contributed by atoms with Crippen LogP contribution in [-0.4, -0.2) is 0 Å². The summed E-state index contributed by atoms with van der Waals surface area (Å²) in [5.74, 6) is 0. The zero-order valence-electron chi connectivity index (χ0n) is 27.3. The lowest BCUT2D eigenvalue weighted by Gasteiger charge is -2.32. The predicted octanol–water partition coefficient (Wildman–Crippen LogP) is 12.8. The van der Waals surface area contributed by atoms with Crippen molar-refractivity contribution < 1.29 is 0 Å². The summed E-state index contributed by atoms with van der Waals surface area (Å²) in [7, 11) is 0. The van der Waals surface area contributed by atoms with Crippen molar-refractivity contribution in [1.29, 1.82) is 0 Å². The highest BCUT2D eigenvalue weighted by molar-refractivity contribution is 5.94. The summed E-state index contributed by atoms with van der Waals surface area (Å²) in [5, 5.41) is 0. The highest BCUT2D eigenvalue weighted by atomic mass is 15.1. The van der Waals surface area contributed by atoms with Gasteiger partial charge in [0.05, 0.1) is 5.69 Å². The van der Waals surface area contributed by atoms with Crippen molar-refractivity contribution in [3.8, 4) is 33.4 Å². The Morgan fingerprint density at radius 3 is 1.55 bits per heavy atom. The number of aryl methyl sites for hydroxylation is 1. The second-order valence-electron chi connectivity index (χ2n) is 12.7. The number of anilines is 3. The Morgan fingerprint density at radius 1 is 0.404 bits per heavy atom. The van der Waals surface area contributed by atoms with Crippen molar-refractivity contribution in [1.82, 2.24) is 0 Å². The number of hydrogen-bond donors (Lipinski definition) is 0. The summed E-state index contributed by atoms with van der Waals surface area (Å²) in [6.45, 7) is 6.89. The Morgan fingerprint density at radius 2 is 0.894 bits per heavy atom. The van der Waals surface area contributed by atoms with E-state index < -0.39 is 0 Å². The normalized spacial score (nSPS) is 11.3. The molecule has 0 radical (unpaired) electrons. The molecule has 1 heteroatoms. The molecule has 0 atom stereocenters. The van der Waals surface area contributed by atoms with Crippen molar-refractivity contribution in [2.45, 2.75) is 26.2 Å². The van der Waals surface area contributed by atoms with E-state index >= 15 is 0 Å². The van der Waals surface area contributed by atoms with E-state index in [9.17, 15) is 0 Å². The van der Waals surface area contributed by atoms with Crippen LogP contribution in [0.5, 0.6) is 0 Å². The molecule has 0 amide bonds. The molecule has 0 aliphatic carbocycles. The van der Waals surface area contributed by atoms with Gasteiger partial charge in [-0.15, -0.1) is 0 Å². The highest BCUT2D eigenvalue weighted by Gasteiger charge is 2.27. The lowest BCUT2D eigenvalue weighted by molar-refractivity contribution is 0.636. The van der Waals surface area contributed by atoms with Crippen molar-refractivity contribution in [2.24, 2.45) is 0 Å². The van der Waals surface area contributed by atoms with E-state index in [1.807, 2.05) is 0 Å². The maximum Gasteiger partial charge on any atom is 0.0540 e. The number of para-hydroxylation sites is 1. The fraction of sp³-hybridized carbons (Fsp3) is 0.0870. The molecule has 0 saturated heterocycles. The van der Waals surface area contributed by atoms with Crippen LogP contribution in [0.2, 0.25) is 0 Å². The van der Waals surface area contributed by atoms with Gasteiger partial charge in [-0.25, -0.2) is 0 Å². The average molecular weight is 606 g/mol. The quantitative estimate of drug-likeness (QED) is 0.167.